The van der Waals surface area contributed by atoms with Crippen LogP contribution >= 0.6 is 0 Å². The van der Waals surface area contributed by atoms with Crippen LogP contribution in [0, 0.1) is 0 Å². The lowest BCUT2D eigenvalue weighted by molar-refractivity contribution is -0.122. The number of rotatable bonds is 4. The summed E-state index contributed by atoms with van der Waals surface area (Å²) in [5, 5.41) is 1.88. The second kappa shape index (κ2) is 8.18. The molecule has 2 aromatic heterocycles. The Balaban J connectivity index is 1.23. The van der Waals surface area contributed by atoms with Crippen molar-refractivity contribution in [2.75, 3.05) is 6.54 Å². The van der Waals surface area contributed by atoms with E-state index >= 15 is 0 Å². The highest BCUT2D eigenvalue weighted by atomic mass is 16.2. The fourth-order valence-electron chi connectivity index (χ4n) is 4.77. The summed E-state index contributed by atoms with van der Waals surface area (Å²) < 4.78 is 0. The second-order valence-corrected chi connectivity index (χ2v) is 8.49. The van der Waals surface area contributed by atoms with Gasteiger partial charge in [0.25, 0.3) is 17.7 Å². The molecule has 4 N–H and O–H groups in total. The molecule has 172 valence electrons. The van der Waals surface area contributed by atoms with Gasteiger partial charge in [0.2, 0.25) is 0 Å². The van der Waals surface area contributed by atoms with E-state index in [9.17, 15) is 14.4 Å². The maximum absolute atomic E-state index is 13.3. The molecular weight excluding hydrogens is 442 g/mol. The normalized spacial score (nSPS) is 14.9. The first-order chi connectivity index (χ1) is 17.1. The number of para-hydroxylation sites is 2. The Labute approximate surface area is 199 Å². The van der Waals surface area contributed by atoms with Crippen LogP contribution < -0.4 is 10.9 Å². The van der Waals surface area contributed by atoms with Gasteiger partial charge in [-0.3, -0.25) is 25.2 Å². The molecule has 0 aliphatic carbocycles. The molecule has 3 aromatic carbocycles. The minimum Gasteiger partial charge on any atom is -0.361 e. The second-order valence-electron chi connectivity index (χ2n) is 8.49. The number of benzene rings is 3. The molecule has 35 heavy (non-hydrogen) atoms. The van der Waals surface area contributed by atoms with E-state index in [2.05, 4.69) is 20.8 Å². The molecule has 8 nitrogen and oxygen atoms in total. The fourth-order valence-corrected chi connectivity index (χ4v) is 4.77. The molecule has 1 atom stereocenters. The number of aromatic amines is 2. The van der Waals surface area contributed by atoms with Crippen molar-refractivity contribution in [2.24, 2.45) is 0 Å². The molecule has 0 fully saturated rings. The maximum Gasteiger partial charge on any atom is 0.286 e. The smallest absolute Gasteiger partial charge is 0.286 e. The van der Waals surface area contributed by atoms with Gasteiger partial charge in [-0.15, -0.1) is 0 Å². The Morgan fingerprint density at radius 1 is 0.857 bits per heavy atom. The van der Waals surface area contributed by atoms with Gasteiger partial charge >= 0.3 is 0 Å². The Bertz CT molecular complexity index is 1580. The van der Waals surface area contributed by atoms with E-state index in [1.54, 1.807) is 12.1 Å². The van der Waals surface area contributed by atoms with Crippen molar-refractivity contribution in [2.45, 2.75) is 6.04 Å². The summed E-state index contributed by atoms with van der Waals surface area (Å²) in [6.07, 6.45) is 1.88. The van der Waals surface area contributed by atoms with E-state index in [1.165, 1.54) is 4.90 Å². The number of hydrazine groups is 1. The van der Waals surface area contributed by atoms with Crippen LogP contribution in [0.3, 0.4) is 0 Å². The quantitative estimate of drug-likeness (QED) is 0.305. The minimum atomic E-state index is -0.500. The van der Waals surface area contributed by atoms with Crippen LogP contribution in [0.5, 0.6) is 0 Å². The summed E-state index contributed by atoms with van der Waals surface area (Å²) in [5.41, 5.74) is 9.30. The Hall–Kier alpha value is -4.85. The molecule has 0 radical (unpaired) electrons. The molecule has 3 amide bonds. The molecule has 0 spiro atoms. The van der Waals surface area contributed by atoms with Crippen LogP contribution in [0.4, 0.5) is 0 Å². The molecule has 3 heterocycles. The van der Waals surface area contributed by atoms with Crippen LogP contribution in [-0.4, -0.2) is 39.1 Å². The predicted molar refractivity (Wildman–Crippen MR) is 132 cm³/mol. The van der Waals surface area contributed by atoms with Crippen LogP contribution in [-0.2, 0) is 4.79 Å². The van der Waals surface area contributed by atoms with Gasteiger partial charge in [-0.25, -0.2) is 0 Å². The highest BCUT2D eigenvalue weighted by Crippen LogP contribution is 2.40. The van der Waals surface area contributed by atoms with Gasteiger partial charge in [-0.05, 0) is 29.8 Å². The lowest BCUT2D eigenvalue weighted by Gasteiger charge is -2.25. The third kappa shape index (κ3) is 3.52. The van der Waals surface area contributed by atoms with Crippen molar-refractivity contribution in [1.29, 1.82) is 0 Å². The predicted octanol–water partition coefficient (Wildman–Crippen LogP) is 3.66. The van der Waals surface area contributed by atoms with Crippen molar-refractivity contribution in [3.05, 3.63) is 107 Å². The molecule has 8 heteroatoms. The summed E-state index contributed by atoms with van der Waals surface area (Å²) in [4.78, 5) is 46.5. The first-order valence-electron chi connectivity index (χ1n) is 11.2. The van der Waals surface area contributed by atoms with Crippen molar-refractivity contribution >= 4 is 39.5 Å². The van der Waals surface area contributed by atoms with Crippen molar-refractivity contribution in [3.8, 4) is 0 Å². The summed E-state index contributed by atoms with van der Waals surface area (Å²) >= 11 is 0. The summed E-state index contributed by atoms with van der Waals surface area (Å²) in [5.74, 6) is -1.20. The minimum absolute atomic E-state index is 0.218. The van der Waals surface area contributed by atoms with Crippen LogP contribution in [0.2, 0.25) is 0 Å². The van der Waals surface area contributed by atoms with Crippen molar-refractivity contribution in [1.82, 2.24) is 25.7 Å². The highest BCUT2D eigenvalue weighted by molar-refractivity contribution is 6.03. The Morgan fingerprint density at radius 3 is 2.46 bits per heavy atom. The highest BCUT2D eigenvalue weighted by Gasteiger charge is 2.39. The molecule has 1 aliphatic heterocycles. The van der Waals surface area contributed by atoms with Gasteiger partial charge in [0, 0.05) is 39.1 Å². The monoisotopic (exact) mass is 463 g/mol. The fraction of sp³-hybridized carbons (Fsp3) is 0.0741. The number of carbonyl (C=O) groups excluding carboxylic acids is 3. The SMILES string of the molecule is O=C(CN1C(=O)c2ccccc2C1c1c[nH]c2ccccc12)NNC(=O)c1cc2ccccc2[nH]1. The van der Waals surface area contributed by atoms with Crippen LogP contribution in [0.15, 0.2) is 85.1 Å². The lowest BCUT2D eigenvalue weighted by Crippen LogP contribution is -2.47. The van der Waals surface area contributed by atoms with Gasteiger partial charge in [0.05, 0.1) is 6.04 Å². The number of nitrogens with one attached hydrogen (secondary N) is 4. The van der Waals surface area contributed by atoms with E-state index in [-0.39, 0.29) is 12.5 Å². The molecule has 1 aliphatic rings. The summed E-state index contributed by atoms with van der Waals surface area (Å²) in [6.45, 7) is -0.218. The van der Waals surface area contributed by atoms with Gasteiger partial charge < -0.3 is 14.9 Å². The van der Waals surface area contributed by atoms with E-state index in [1.807, 2.05) is 72.9 Å². The summed E-state index contributed by atoms with van der Waals surface area (Å²) in [6, 6.07) is 24.0. The zero-order valence-electron chi connectivity index (χ0n) is 18.5. The van der Waals surface area contributed by atoms with E-state index < -0.39 is 17.9 Å². The zero-order chi connectivity index (χ0) is 23.9. The van der Waals surface area contributed by atoms with Gasteiger partial charge in [0.15, 0.2) is 0 Å². The summed E-state index contributed by atoms with van der Waals surface area (Å²) in [7, 11) is 0. The molecule has 0 saturated heterocycles. The standard InChI is InChI=1S/C27H21N5O3/c33-24(30-31-26(34)23-13-16-7-1-5-11-21(16)29-23)15-32-25(18-9-2-3-10-19(18)27(32)35)20-14-28-22-12-6-4-8-17(20)22/h1-14,25,28-29H,15H2,(H,30,33)(H,31,34). The van der Waals surface area contributed by atoms with E-state index in [0.29, 0.717) is 11.3 Å². The maximum atomic E-state index is 13.3. The first kappa shape index (κ1) is 20.7. The number of aromatic nitrogens is 2. The number of amides is 3. The molecule has 0 bridgehead atoms. The topological polar surface area (TPSA) is 110 Å². The van der Waals surface area contributed by atoms with Crippen molar-refractivity contribution in [3.63, 3.8) is 0 Å². The molecule has 1 unspecified atom stereocenters. The zero-order valence-corrected chi connectivity index (χ0v) is 18.5. The van der Waals surface area contributed by atoms with Gasteiger partial charge in [-0.2, -0.15) is 0 Å². The Morgan fingerprint density at radius 2 is 1.60 bits per heavy atom. The van der Waals surface area contributed by atoms with Crippen LogP contribution in [0.1, 0.15) is 38.0 Å². The van der Waals surface area contributed by atoms with E-state index in [0.717, 1.165) is 32.9 Å². The van der Waals surface area contributed by atoms with Gasteiger partial charge in [0.1, 0.15) is 12.2 Å². The molecule has 5 aromatic rings. The number of carbonyl (C=O) groups is 3. The number of nitrogens with zero attached hydrogens (tertiary/aromatic N) is 1. The first-order valence-corrected chi connectivity index (χ1v) is 11.2. The van der Waals surface area contributed by atoms with Crippen molar-refractivity contribution < 1.29 is 14.4 Å². The third-order valence-corrected chi connectivity index (χ3v) is 6.38. The van der Waals surface area contributed by atoms with Gasteiger partial charge in [-0.1, -0.05) is 54.6 Å². The van der Waals surface area contributed by atoms with E-state index in [4.69, 9.17) is 0 Å². The number of fused-ring (bicyclic) bond motifs is 3. The third-order valence-electron chi connectivity index (χ3n) is 6.38. The number of hydrogen-bond donors (Lipinski definition) is 4. The largest absolute Gasteiger partial charge is 0.361 e. The lowest BCUT2D eigenvalue weighted by atomic mass is 9.97. The number of hydrogen-bond acceptors (Lipinski definition) is 3. The molecule has 6 rings (SSSR count). The van der Waals surface area contributed by atoms with Crippen LogP contribution in [0.25, 0.3) is 21.8 Å². The Kier molecular flexibility index (Phi) is 4.84. The average Bonchev–Trinajstić information content (AvgIpc) is 3.57. The molecular formula is C27H21N5O3. The molecule has 0 saturated carbocycles. The average molecular weight is 463 g/mol. The number of H-pyrrole nitrogens is 2.